The third kappa shape index (κ3) is 3.38. The second-order valence-electron chi connectivity index (χ2n) is 5.69. The molecular formula is C16H22N2O2. The minimum absolute atomic E-state index is 0.0802. The molecule has 1 heterocycles. The zero-order chi connectivity index (χ0) is 13.8. The van der Waals surface area contributed by atoms with E-state index in [-0.39, 0.29) is 11.8 Å². The molecule has 0 saturated heterocycles. The molecule has 1 fully saturated rings. The minimum Gasteiger partial charge on any atom is -0.379 e. The second kappa shape index (κ2) is 6.37. The number of benzene rings is 1. The van der Waals surface area contributed by atoms with Gasteiger partial charge in [0.2, 0.25) is 5.91 Å². The summed E-state index contributed by atoms with van der Waals surface area (Å²) in [6, 6.07) is 8.17. The Bertz CT molecular complexity index is 471. The molecule has 2 aliphatic rings. The molecule has 1 aromatic rings. The molecule has 0 bridgehead atoms. The monoisotopic (exact) mass is 274 g/mol. The first kappa shape index (κ1) is 13.6. The smallest absolute Gasteiger partial charge is 0.228 e. The van der Waals surface area contributed by atoms with Crippen LogP contribution in [-0.4, -0.2) is 32.2 Å². The zero-order valence-corrected chi connectivity index (χ0v) is 11.7. The largest absolute Gasteiger partial charge is 0.379 e. The van der Waals surface area contributed by atoms with Crippen molar-refractivity contribution in [3.63, 3.8) is 0 Å². The van der Waals surface area contributed by atoms with Crippen LogP contribution in [0.4, 0.5) is 0 Å². The summed E-state index contributed by atoms with van der Waals surface area (Å²) in [5.74, 6) is 0.795. The van der Waals surface area contributed by atoms with Crippen LogP contribution in [0, 0.1) is 5.92 Å². The van der Waals surface area contributed by atoms with Crippen molar-refractivity contribution in [1.29, 1.82) is 0 Å². The SMILES string of the molecule is O=C(NCCOCC1CC1)C1CNCc2ccccc21. The Morgan fingerprint density at radius 2 is 2.20 bits per heavy atom. The van der Waals surface area contributed by atoms with Gasteiger partial charge in [-0.15, -0.1) is 0 Å². The summed E-state index contributed by atoms with van der Waals surface area (Å²) in [5, 5.41) is 6.29. The standard InChI is InChI=1S/C16H22N2O2/c19-16(18-7-8-20-11-12-5-6-12)15-10-17-9-13-3-1-2-4-14(13)15/h1-4,12,15,17H,5-11H2,(H,18,19). The summed E-state index contributed by atoms with van der Waals surface area (Å²) in [4.78, 5) is 12.3. The lowest BCUT2D eigenvalue weighted by atomic mass is 9.90. The maximum Gasteiger partial charge on any atom is 0.228 e. The molecule has 1 aromatic carbocycles. The number of amides is 1. The first-order valence-corrected chi connectivity index (χ1v) is 7.48. The van der Waals surface area contributed by atoms with Crippen LogP contribution in [-0.2, 0) is 16.1 Å². The maximum absolute atomic E-state index is 12.3. The Balaban J connectivity index is 1.47. The van der Waals surface area contributed by atoms with Gasteiger partial charge in [0, 0.05) is 26.2 Å². The molecule has 0 aromatic heterocycles. The van der Waals surface area contributed by atoms with E-state index < -0.39 is 0 Å². The summed E-state index contributed by atoms with van der Waals surface area (Å²) >= 11 is 0. The second-order valence-corrected chi connectivity index (χ2v) is 5.69. The first-order valence-electron chi connectivity index (χ1n) is 7.48. The highest BCUT2D eigenvalue weighted by Crippen LogP contribution is 2.28. The Morgan fingerprint density at radius 3 is 3.05 bits per heavy atom. The Kier molecular flexibility index (Phi) is 4.33. The van der Waals surface area contributed by atoms with Crippen LogP contribution in [0.1, 0.15) is 29.9 Å². The number of hydrogen-bond acceptors (Lipinski definition) is 3. The lowest BCUT2D eigenvalue weighted by molar-refractivity contribution is -0.122. The Morgan fingerprint density at radius 1 is 1.35 bits per heavy atom. The number of ether oxygens (including phenoxy) is 1. The molecule has 4 heteroatoms. The van der Waals surface area contributed by atoms with Crippen LogP contribution < -0.4 is 10.6 Å². The molecule has 0 radical (unpaired) electrons. The average Bonchev–Trinajstić information content (AvgIpc) is 3.30. The summed E-state index contributed by atoms with van der Waals surface area (Å²) in [6.07, 6.45) is 2.60. The van der Waals surface area contributed by atoms with E-state index in [9.17, 15) is 4.79 Å². The highest BCUT2D eigenvalue weighted by atomic mass is 16.5. The predicted octanol–water partition coefficient (Wildman–Crippen LogP) is 1.42. The molecule has 1 aliphatic carbocycles. The van der Waals surface area contributed by atoms with Gasteiger partial charge in [-0.2, -0.15) is 0 Å². The number of nitrogens with one attached hydrogen (secondary N) is 2. The third-order valence-electron chi connectivity index (χ3n) is 4.01. The minimum atomic E-state index is -0.0802. The van der Waals surface area contributed by atoms with Crippen LogP contribution in [0.25, 0.3) is 0 Å². The molecule has 1 unspecified atom stereocenters. The van der Waals surface area contributed by atoms with Gasteiger partial charge >= 0.3 is 0 Å². The van der Waals surface area contributed by atoms with Crippen molar-refractivity contribution < 1.29 is 9.53 Å². The van der Waals surface area contributed by atoms with Gasteiger partial charge in [0.15, 0.2) is 0 Å². The van der Waals surface area contributed by atoms with Gasteiger partial charge < -0.3 is 15.4 Å². The van der Waals surface area contributed by atoms with Gasteiger partial charge in [0.1, 0.15) is 0 Å². The summed E-state index contributed by atoms with van der Waals surface area (Å²) in [6.45, 7) is 3.63. The van der Waals surface area contributed by atoms with Gasteiger partial charge in [-0.1, -0.05) is 24.3 Å². The van der Waals surface area contributed by atoms with Crippen molar-refractivity contribution in [2.24, 2.45) is 5.92 Å². The average molecular weight is 274 g/mol. The van der Waals surface area contributed by atoms with Gasteiger partial charge in [0.05, 0.1) is 12.5 Å². The fourth-order valence-electron chi connectivity index (χ4n) is 2.63. The number of fused-ring (bicyclic) bond motifs is 1. The first-order chi connectivity index (χ1) is 9.84. The van der Waals surface area contributed by atoms with Gasteiger partial charge in [-0.05, 0) is 29.9 Å². The number of carbonyl (C=O) groups is 1. The summed E-state index contributed by atoms with van der Waals surface area (Å²) in [5.41, 5.74) is 2.38. The molecule has 3 rings (SSSR count). The maximum atomic E-state index is 12.3. The molecule has 1 amide bonds. The van der Waals surface area contributed by atoms with Crippen molar-refractivity contribution in [3.8, 4) is 0 Å². The van der Waals surface area contributed by atoms with Crippen molar-refractivity contribution in [2.45, 2.75) is 25.3 Å². The zero-order valence-electron chi connectivity index (χ0n) is 11.7. The van der Waals surface area contributed by atoms with Crippen molar-refractivity contribution in [2.75, 3.05) is 26.3 Å². The number of carbonyl (C=O) groups excluding carboxylic acids is 1. The van der Waals surface area contributed by atoms with Crippen LogP contribution in [0.3, 0.4) is 0 Å². The fraction of sp³-hybridized carbons (Fsp3) is 0.562. The molecule has 4 nitrogen and oxygen atoms in total. The van der Waals surface area contributed by atoms with Gasteiger partial charge in [0.25, 0.3) is 0 Å². The topological polar surface area (TPSA) is 50.4 Å². The van der Waals surface area contributed by atoms with Crippen LogP contribution >= 0.6 is 0 Å². The molecule has 0 spiro atoms. The third-order valence-corrected chi connectivity index (χ3v) is 4.01. The molecule has 108 valence electrons. The van der Waals surface area contributed by atoms with Gasteiger partial charge in [-0.25, -0.2) is 0 Å². The summed E-state index contributed by atoms with van der Waals surface area (Å²) in [7, 11) is 0. The van der Waals surface area contributed by atoms with Crippen LogP contribution in [0.2, 0.25) is 0 Å². The van der Waals surface area contributed by atoms with E-state index in [2.05, 4.69) is 22.8 Å². The molecule has 1 saturated carbocycles. The van der Waals surface area contributed by atoms with E-state index in [4.69, 9.17) is 4.74 Å². The fourth-order valence-corrected chi connectivity index (χ4v) is 2.63. The Labute approximate surface area is 119 Å². The molecule has 1 aliphatic heterocycles. The van der Waals surface area contributed by atoms with E-state index in [0.717, 1.165) is 24.6 Å². The van der Waals surface area contributed by atoms with Crippen molar-refractivity contribution >= 4 is 5.91 Å². The highest BCUT2D eigenvalue weighted by molar-refractivity contribution is 5.84. The van der Waals surface area contributed by atoms with E-state index >= 15 is 0 Å². The lowest BCUT2D eigenvalue weighted by Crippen LogP contribution is -2.39. The van der Waals surface area contributed by atoms with Gasteiger partial charge in [-0.3, -0.25) is 4.79 Å². The number of hydrogen-bond donors (Lipinski definition) is 2. The van der Waals surface area contributed by atoms with E-state index in [1.807, 2.05) is 12.1 Å². The Hall–Kier alpha value is -1.39. The van der Waals surface area contributed by atoms with Crippen LogP contribution in [0.5, 0.6) is 0 Å². The van der Waals surface area contributed by atoms with E-state index in [1.54, 1.807) is 0 Å². The van der Waals surface area contributed by atoms with Crippen molar-refractivity contribution in [1.82, 2.24) is 10.6 Å². The van der Waals surface area contributed by atoms with E-state index in [0.29, 0.717) is 19.7 Å². The molecule has 20 heavy (non-hydrogen) atoms. The predicted molar refractivity (Wildman–Crippen MR) is 77.4 cm³/mol. The lowest BCUT2D eigenvalue weighted by Gasteiger charge is -2.25. The quantitative estimate of drug-likeness (QED) is 0.771. The normalized spacial score (nSPS) is 21.3. The molecule has 1 atom stereocenters. The highest BCUT2D eigenvalue weighted by Gasteiger charge is 2.25. The molecule has 2 N–H and O–H groups in total. The van der Waals surface area contributed by atoms with Crippen LogP contribution in [0.15, 0.2) is 24.3 Å². The summed E-state index contributed by atoms with van der Waals surface area (Å²) < 4.78 is 5.53. The van der Waals surface area contributed by atoms with E-state index in [1.165, 1.54) is 18.4 Å². The van der Waals surface area contributed by atoms with Crippen molar-refractivity contribution in [3.05, 3.63) is 35.4 Å². The number of rotatable bonds is 6. The molecular weight excluding hydrogens is 252 g/mol.